The van der Waals surface area contributed by atoms with E-state index in [4.69, 9.17) is 13.9 Å². The molecule has 2 aromatic rings. The van der Waals surface area contributed by atoms with Gasteiger partial charge < -0.3 is 23.8 Å². The SMILES string of the molecule is CCOC(=O)c1c(C)oc2ccc(OCC(=O)[O-])cc12. The number of esters is 1. The Labute approximate surface area is 114 Å². The summed E-state index contributed by atoms with van der Waals surface area (Å²) in [5, 5.41) is 10.9. The van der Waals surface area contributed by atoms with E-state index in [1.54, 1.807) is 32.0 Å². The first-order valence-electron chi connectivity index (χ1n) is 6.05. The summed E-state index contributed by atoms with van der Waals surface area (Å²) in [7, 11) is 0. The normalized spacial score (nSPS) is 10.5. The fraction of sp³-hybridized carbons (Fsp3) is 0.286. The lowest BCUT2D eigenvalue weighted by Crippen LogP contribution is -2.28. The Kier molecular flexibility index (Phi) is 3.93. The minimum Gasteiger partial charge on any atom is -0.546 e. The second-order valence-electron chi connectivity index (χ2n) is 4.07. The van der Waals surface area contributed by atoms with E-state index in [1.807, 2.05) is 0 Å². The van der Waals surface area contributed by atoms with Crippen LogP contribution < -0.4 is 9.84 Å². The maximum atomic E-state index is 11.9. The number of furan rings is 1. The molecular formula is C14H13O6-. The van der Waals surface area contributed by atoms with Gasteiger partial charge in [-0.2, -0.15) is 0 Å². The lowest BCUT2D eigenvalue weighted by atomic mass is 10.1. The summed E-state index contributed by atoms with van der Waals surface area (Å²) in [4.78, 5) is 22.3. The third kappa shape index (κ3) is 2.74. The fourth-order valence-electron chi connectivity index (χ4n) is 1.89. The molecule has 0 atom stereocenters. The minimum absolute atomic E-state index is 0.256. The molecule has 20 heavy (non-hydrogen) atoms. The smallest absolute Gasteiger partial charge is 0.342 e. The number of carbonyl (C=O) groups excluding carboxylic acids is 2. The first kappa shape index (κ1) is 13.9. The molecule has 0 radical (unpaired) electrons. The number of benzene rings is 1. The van der Waals surface area contributed by atoms with E-state index in [1.165, 1.54) is 0 Å². The summed E-state index contributed by atoms with van der Waals surface area (Å²) in [6, 6.07) is 4.71. The van der Waals surface area contributed by atoms with E-state index in [-0.39, 0.29) is 6.61 Å². The van der Waals surface area contributed by atoms with Crippen molar-refractivity contribution in [3.63, 3.8) is 0 Å². The summed E-state index contributed by atoms with van der Waals surface area (Å²) in [6.45, 7) is 3.07. The Morgan fingerprint density at radius 2 is 2.10 bits per heavy atom. The standard InChI is InChI=1S/C14H14O6/c1-3-18-14(17)13-8(2)20-11-5-4-9(6-10(11)13)19-7-12(15)16/h4-6H,3,7H2,1-2H3,(H,15,16)/p-1. The van der Waals surface area contributed by atoms with Gasteiger partial charge in [-0.25, -0.2) is 4.79 Å². The van der Waals surface area contributed by atoms with E-state index < -0.39 is 18.5 Å². The monoisotopic (exact) mass is 277 g/mol. The van der Waals surface area contributed by atoms with Gasteiger partial charge in [0.15, 0.2) is 0 Å². The van der Waals surface area contributed by atoms with E-state index in [0.29, 0.717) is 28.0 Å². The van der Waals surface area contributed by atoms with Crippen LogP contribution in [0, 0.1) is 6.92 Å². The van der Waals surface area contributed by atoms with Crippen LogP contribution in [0.2, 0.25) is 0 Å². The van der Waals surface area contributed by atoms with Crippen LogP contribution in [0.1, 0.15) is 23.0 Å². The topological polar surface area (TPSA) is 88.8 Å². The van der Waals surface area contributed by atoms with Crippen molar-refractivity contribution in [3.05, 3.63) is 29.5 Å². The van der Waals surface area contributed by atoms with Gasteiger partial charge in [0.1, 0.15) is 29.3 Å². The van der Waals surface area contributed by atoms with Gasteiger partial charge in [0.25, 0.3) is 0 Å². The lowest BCUT2D eigenvalue weighted by Gasteiger charge is -2.06. The molecule has 0 spiro atoms. The van der Waals surface area contributed by atoms with Crippen molar-refractivity contribution in [1.29, 1.82) is 0 Å². The molecule has 106 valence electrons. The zero-order chi connectivity index (χ0) is 14.7. The lowest BCUT2D eigenvalue weighted by molar-refractivity contribution is -0.307. The number of carboxylic acids is 1. The molecule has 1 aromatic heterocycles. The van der Waals surface area contributed by atoms with Crippen molar-refractivity contribution in [2.75, 3.05) is 13.2 Å². The Balaban J connectivity index is 2.41. The number of hydrogen-bond donors (Lipinski definition) is 0. The van der Waals surface area contributed by atoms with Gasteiger partial charge in [0, 0.05) is 5.39 Å². The Bertz CT molecular complexity index is 655. The van der Waals surface area contributed by atoms with Crippen LogP contribution in [0.4, 0.5) is 0 Å². The average molecular weight is 277 g/mol. The molecular weight excluding hydrogens is 264 g/mol. The van der Waals surface area contributed by atoms with Crippen LogP contribution in [0.5, 0.6) is 5.75 Å². The highest BCUT2D eigenvalue weighted by Gasteiger charge is 2.19. The number of fused-ring (bicyclic) bond motifs is 1. The molecule has 1 heterocycles. The highest BCUT2D eigenvalue weighted by atomic mass is 16.5. The molecule has 2 rings (SSSR count). The Hall–Kier alpha value is -2.50. The molecule has 0 fully saturated rings. The highest BCUT2D eigenvalue weighted by Crippen LogP contribution is 2.29. The first-order chi connectivity index (χ1) is 9.52. The van der Waals surface area contributed by atoms with Crippen molar-refractivity contribution < 1.29 is 28.6 Å². The summed E-state index contributed by atoms with van der Waals surface area (Å²) in [5.74, 6) is -1.05. The summed E-state index contributed by atoms with van der Waals surface area (Å²) < 4.78 is 15.5. The summed E-state index contributed by atoms with van der Waals surface area (Å²) in [6.07, 6.45) is 0. The predicted octanol–water partition coefficient (Wildman–Crippen LogP) is 1.05. The maximum absolute atomic E-state index is 11.9. The van der Waals surface area contributed by atoms with Crippen LogP contribution in [-0.4, -0.2) is 25.2 Å². The number of carboxylic acid groups (broad SMARTS) is 1. The number of ether oxygens (including phenoxy) is 2. The van der Waals surface area contributed by atoms with Gasteiger partial charge in [-0.1, -0.05) is 0 Å². The van der Waals surface area contributed by atoms with E-state index in [9.17, 15) is 14.7 Å². The minimum atomic E-state index is -1.32. The second kappa shape index (κ2) is 5.64. The van der Waals surface area contributed by atoms with Crippen LogP contribution >= 0.6 is 0 Å². The van der Waals surface area contributed by atoms with Crippen LogP contribution in [0.3, 0.4) is 0 Å². The third-order valence-electron chi connectivity index (χ3n) is 2.67. The molecule has 0 unspecified atom stereocenters. The predicted molar refractivity (Wildman–Crippen MR) is 67.4 cm³/mol. The van der Waals surface area contributed by atoms with Crippen LogP contribution in [0.15, 0.2) is 22.6 Å². The Morgan fingerprint density at radius 3 is 2.75 bits per heavy atom. The number of aliphatic carboxylic acids is 1. The molecule has 0 N–H and O–H groups in total. The van der Waals surface area contributed by atoms with Crippen molar-refractivity contribution in [3.8, 4) is 5.75 Å². The molecule has 6 nitrogen and oxygen atoms in total. The molecule has 0 aliphatic carbocycles. The molecule has 1 aromatic carbocycles. The second-order valence-corrected chi connectivity index (χ2v) is 4.07. The van der Waals surface area contributed by atoms with Gasteiger partial charge in [0.05, 0.1) is 12.6 Å². The molecule has 0 saturated carbocycles. The quantitative estimate of drug-likeness (QED) is 0.759. The molecule has 6 heteroatoms. The van der Waals surface area contributed by atoms with Gasteiger partial charge in [-0.3, -0.25) is 0 Å². The van der Waals surface area contributed by atoms with Crippen LogP contribution in [-0.2, 0) is 9.53 Å². The van der Waals surface area contributed by atoms with E-state index in [2.05, 4.69) is 0 Å². The average Bonchev–Trinajstić information content (AvgIpc) is 2.71. The molecule has 0 aliphatic rings. The Morgan fingerprint density at radius 1 is 1.35 bits per heavy atom. The van der Waals surface area contributed by atoms with E-state index >= 15 is 0 Å². The third-order valence-corrected chi connectivity index (χ3v) is 2.67. The number of carbonyl (C=O) groups is 2. The van der Waals surface area contributed by atoms with Crippen molar-refractivity contribution in [2.24, 2.45) is 0 Å². The molecule has 0 bridgehead atoms. The number of rotatable bonds is 5. The summed E-state index contributed by atoms with van der Waals surface area (Å²) >= 11 is 0. The molecule has 0 amide bonds. The van der Waals surface area contributed by atoms with Gasteiger partial charge >= 0.3 is 5.97 Å². The van der Waals surface area contributed by atoms with Gasteiger partial charge in [0.2, 0.25) is 0 Å². The van der Waals surface area contributed by atoms with Gasteiger partial charge in [-0.05, 0) is 32.0 Å². The van der Waals surface area contributed by atoms with Crippen molar-refractivity contribution in [2.45, 2.75) is 13.8 Å². The van der Waals surface area contributed by atoms with E-state index in [0.717, 1.165) is 0 Å². The van der Waals surface area contributed by atoms with Crippen molar-refractivity contribution >= 4 is 22.9 Å². The maximum Gasteiger partial charge on any atom is 0.342 e. The largest absolute Gasteiger partial charge is 0.546 e. The molecule has 0 saturated heterocycles. The zero-order valence-electron chi connectivity index (χ0n) is 11.1. The van der Waals surface area contributed by atoms with Crippen molar-refractivity contribution in [1.82, 2.24) is 0 Å². The number of aryl methyl sites for hydroxylation is 1. The summed E-state index contributed by atoms with van der Waals surface area (Å²) in [5.41, 5.74) is 0.826. The highest BCUT2D eigenvalue weighted by molar-refractivity contribution is 6.04. The zero-order valence-corrected chi connectivity index (χ0v) is 11.1. The molecule has 0 aliphatic heterocycles. The van der Waals surface area contributed by atoms with Crippen LogP contribution in [0.25, 0.3) is 11.0 Å². The van der Waals surface area contributed by atoms with Gasteiger partial charge in [-0.15, -0.1) is 0 Å². The fourth-order valence-corrected chi connectivity index (χ4v) is 1.89. The first-order valence-corrected chi connectivity index (χ1v) is 6.05. The number of hydrogen-bond acceptors (Lipinski definition) is 6.